The van der Waals surface area contributed by atoms with E-state index in [0.717, 1.165) is 32.3 Å². The molecule has 0 aromatic heterocycles. The fraction of sp³-hybridized carbons (Fsp3) is 0.478. The Bertz CT molecular complexity index is 639. The third-order valence-electron chi connectivity index (χ3n) is 5.84. The molecule has 26 heavy (non-hydrogen) atoms. The van der Waals surface area contributed by atoms with Crippen molar-refractivity contribution in [3.05, 3.63) is 60.7 Å². The van der Waals surface area contributed by atoms with Crippen molar-refractivity contribution >= 4 is 18.7 Å². The number of aliphatic hydroxyl groups is 1. The molecule has 2 aromatic carbocycles. The van der Waals surface area contributed by atoms with Gasteiger partial charge in [0.15, 0.2) is 0 Å². The molecule has 1 fully saturated rings. The maximum Gasteiger partial charge on any atom is 0.261 e. The minimum atomic E-state index is -2.42. The van der Waals surface area contributed by atoms with Gasteiger partial charge >= 0.3 is 0 Å². The molecular formula is C23H32O2Si. The van der Waals surface area contributed by atoms with Gasteiger partial charge in [0.25, 0.3) is 8.32 Å². The van der Waals surface area contributed by atoms with Crippen molar-refractivity contribution in [1.29, 1.82) is 0 Å². The molecule has 0 aliphatic heterocycles. The highest BCUT2D eigenvalue weighted by atomic mass is 28.4. The van der Waals surface area contributed by atoms with Gasteiger partial charge in [-0.3, -0.25) is 0 Å². The summed E-state index contributed by atoms with van der Waals surface area (Å²) in [7, 11) is -2.42. The number of hydrogen-bond donors (Lipinski definition) is 1. The highest BCUT2D eigenvalue weighted by Gasteiger charge is 2.50. The maximum absolute atomic E-state index is 10.2. The summed E-state index contributed by atoms with van der Waals surface area (Å²) in [6.45, 7) is 7.64. The summed E-state index contributed by atoms with van der Waals surface area (Å²) in [6, 6.07) is 21.6. The average molecular weight is 369 g/mol. The predicted molar refractivity (Wildman–Crippen MR) is 112 cm³/mol. The van der Waals surface area contributed by atoms with Crippen molar-refractivity contribution in [2.24, 2.45) is 5.92 Å². The third-order valence-corrected chi connectivity index (χ3v) is 10.9. The molecule has 2 atom stereocenters. The van der Waals surface area contributed by atoms with Crippen LogP contribution in [0.15, 0.2) is 60.7 Å². The molecule has 0 unspecified atom stereocenters. The van der Waals surface area contributed by atoms with Crippen molar-refractivity contribution in [2.75, 3.05) is 6.61 Å². The van der Waals surface area contributed by atoms with Gasteiger partial charge in [0, 0.05) is 6.61 Å². The van der Waals surface area contributed by atoms with Crippen molar-refractivity contribution in [1.82, 2.24) is 0 Å². The highest BCUT2D eigenvalue weighted by molar-refractivity contribution is 6.99. The summed E-state index contributed by atoms with van der Waals surface area (Å²) in [4.78, 5) is 0. The maximum atomic E-state index is 10.2. The quantitative estimate of drug-likeness (QED) is 0.778. The van der Waals surface area contributed by atoms with E-state index in [0.29, 0.717) is 5.92 Å². The first-order valence-electron chi connectivity index (χ1n) is 9.88. The number of aliphatic hydroxyl groups excluding tert-OH is 1. The van der Waals surface area contributed by atoms with Crippen LogP contribution in [-0.2, 0) is 4.43 Å². The summed E-state index contributed by atoms with van der Waals surface area (Å²) in [6.07, 6.45) is 4.03. The Balaban J connectivity index is 1.95. The Morgan fingerprint density at radius 3 is 1.88 bits per heavy atom. The van der Waals surface area contributed by atoms with Gasteiger partial charge in [0.2, 0.25) is 0 Å². The number of benzene rings is 2. The molecule has 2 nitrogen and oxygen atoms in total. The molecule has 1 saturated carbocycles. The van der Waals surface area contributed by atoms with Crippen LogP contribution in [-0.4, -0.2) is 26.1 Å². The van der Waals surface area contributed by atoms with E-state index in [1.165, 1.54) is 10.4 Å². The molecule has 3 rings (SSSR count). The third kappa shape index (κ3) is 3.80. The Kier molecular flexibility index (Phi) is 6.01. The van der Waals surface area contributed by atoms with E-state index in [9.17, 15) is 5.11 Å². The lowest BCUT2D eigenvalue weighted by atomic mass is 10.0. The van der Waals surface area contributed by atoms with Gasteiger partial charge in [-0.25, -0.2) is 0 Å². The summed E-state index contributed by atoms with van der Waals surface area (Å²) >= 11 is 0. The Labute approximate surface area is 159 Å². The van der Waals surface area contributed by atoms with Crippen LogP contribution in [0.2, 0.25) is 5.04 Å². The van der Waals surface area contributed by atoms with Crippen molar-refractivity contribution in [3.63, 3.8) is 0 Å². The van der Waals surface area contributed by atoms with Gasteiger partial charge in [-0.05, 0) is 40.6 Å². The lowest BCUT2D eigenvalue weighted by molar-refractivity contribution is 0.115. The molecule has 0 radical (unpaired) electrons. The first kappa shape index (κ1) is 19.3. The number of rotatable bonds is 6. The van der Waals surface area contributed by atoms with Gasteiger partial charge < -0.3 is 9.53 Å². The molecule has 0 saturated heterocycles. The minimum absolute atomic E-state index is 0.0179. The van der Waals surface area contributed by atoms with Gasteiger partial charge in [0.05, 0.1) is 6.10 Å². The minimum Gasteiger partial charge on any atom is -0.407 e. The predicted octanol–water partition coefficient (Wildman–Crippen LogP) is 4.11. The summed E-state index contributed by atoms with van der Waals surface area (Å²) in [5.41, 5.74) is 0. The van der Waals surface area contributed by atoms with E-state index in [1.807, 2.05) is 0 Å². The van der Waals surface area contributed by atoms with E-state index < -0.39 is 8.32 Å². The Morgan fingerprint density at radius 2 is 1.46 bits per heavy atom. The lowest BCUT2D eigenvalue weighted by Gasteiger charge is -2.43. The molecule has 1 N–H and O–H groups in total. The van der Waals surface area contributed by atoms with Crippen LogP contribution in [0.3, 0.4) is 0 Å². The second-order valence-electron chi connectivity index (χ2n) is 8.56. The summed E-state index contributed by atoms with van der Waals surface area (Å²) in [5, 5.41) is 12.8. The second-order valence-corrected chi connectivity index (χ2v) is 12.9. The summed E-state index contributed by atoms with van der Waals surface area (Å²) < 4.78 is 6.90. The SMILES string of the molecule is CC(C)(C)[Si](OCC[C@H]1CCC[C@@H]1O)(c1ccccc1)c1ccccc1. The topological polar surface area (TPSA) is 29.5 Å². The molecular weight excluding hydrogens is 336 g/mol. The van der Waals surface area contributed by atoms with E-state index in [-0.39, 0.29) is 11.1 Å². The van der Waals surface area contributed by atoms with Gasteiger partial charge in [-0.2, -0.15) is 0 Å². The van der Waals surface area contributed by atoms with Gasteiger partial charge in [-0.15, -0.1) is 0 Å². The fourth-order valence-corrected chi connectivity index (χ4v) is 9.06. The van der Waals surface area contributed by atoms with Gasteiger partial charge in [0.1, 0.15) is 0 Å². The molecule has 140 valence electrons. The molecule has 0 spiro atoms. The monoisotopic (exact) mass is 368 g/mol. The zero-order chi connectivity index (χ0) is 18.6. The Morgan fingerprint density at radius 1 is 0.923 bits per heavy atom. The van der Waals surface area contributed by atoms with Crippen LogP contribution in [0.5, 0.6) is 0 Å². The van der Waals surface area contributed by atoms with Crippen LogP contribution in [0.1, 0.15) is 46.5 Å². The number of hydrogen-bond acceptors (Lipinski definition) is 2. The lowest BCUT2D eigenvalue weighted by Crippen LogP contribution is -2.66. The average Bonchev–Trinajstić information content (AvgIpc) is 3.04. The van der Waals surface area contributed by atoms with Gasteiger partial charge in [-0.1, -0.05) is 87.9 Å². The van der Waals surface area contributed by atoms with Crippen LogP contribution < -0.4 is 10.4 Å². The molecule has 3 heteroatoms. The van der Waals surface area contributed by atoms with Crippen molar-refractivity contribution in [3.8, 4) is 0 Å². The van der Waals surface area contributed by atoms with Crippen molar-refractivity contribution < 1.29 is 9.53 Å². The highest BCUT2D eigenvalue weighted by Crippen LogP contribution is 2.37. The zero-order valence-corrected chi connectivity index (χ0v) is 17.3. The largest absolute Gasteiger partial charge is 0.407 e. The smallest absolute Gasteiger partial charge is 0.261 e. The van der Waals surface area contributed by atoms with Crippen LogP contribution >= 0.6 is 0 Å². The molecule has 0 heterocycles. The Hall–Kier alpha value is -1.42. The van der Waals surface area contributed by atoms with E-state index in [4.69, 9.17) is 4.43 Å². The fourth-order valence-electron chi connectivity index (χ4n) is 4.48. The molecule has 1 aliphatic carbocycles. The molecule has 2 aromatic rings. The van der Waals surface area contributed by atoms with Crippen LogP contribution in [0, 0.1) is 5.92 Å². The standard InChI is InChI=1S/C23H32O2Si/c1-23(2,3)26(20-12-6-4-7-13-20,21-14-8-5-9-15-21)25-18-17-19-11-10-16-22(19)24/h4-9,12-15,19,22,24H,10-11,16-18H2,1-3H3/t19-,22+/m1/s1. The van der Waals surface area contributed by atoms with E-state index >= 15 is 0 Å². The second kappa shape index (κ2) is 8.08. The van der Waals surface area contributed by atoms with Crippen LogP contribution in [0.4, 0.5) is 0 Å². The first-order chi connectivity index (χ1) is 12.4. The zero-order valence-electron chi connectivity index (χ0n) is 16.3. The van der Waals surface area contributed by atoms with E-state index in [2.05, 4.69) is 81.4 Å². The normalized spacial score (nSPS) is 21.1. The van der Waals surface area contributed by atoms with Crippen molar-refractivity contribution in [2.45, 2.75) is 57.6 Å². The summed E-state index contributed by atoms with van der Waals surface area (Å²) in [5.74, 6) is 0.396. The molecule has 1 aliphatic rings. The van der Waals surface area contributed by atoms with E-state index in [1.54, 1.807) is 0 Å². The first-order valence-corrected chi connectivity index (χ1v) is 11.8. The van der Waals surface area contributed by atoms with Crippen LogP contribution in [0.25, 0.3) is 0 Å². The molecule has 0 amide bonds. The molecule has 0 bridgehead atoms.